The van der Waals surface area contributed by atoms with Gasteiger partial charge in [0.15, 0.2) is 0 Å². The topological polar surface area (TPSA) is 72.7 Å². The predicted molar refractivity (Wildman–Crippen MR) is 84.5 cm³/mol. The SMILES string of the molecule is OCc1ccc2c(c1)CCNC2Cc1ccc(CO)c(O)c1. The number of aromatic hydroxyl groups is 1. The van der Waals surface area contributed by atoms with E-state index in [1.54, 1.807) is 12.1 Å². The molecule has 1 atom stereocenters. The van der Waals surface area contributed by atoms with Crippen molar-refractivity contribution in [3.8, 4) is 5.75 Å². The fourth-order valence-electron chi connectivity index (χ4n) is 3.09. The van der Waals surface area contributed by atoms with Gasteiger partial charge in [0.1, 0.15) is 5.75 Å². The van der Waals surface area contributed by atoms with Gasteiger partial charge in [-0.2, -0.15) is 0 Å². The normalized spacial score (nSPS) is 17.3. The third-order valence-electron chi connectivity index (χ3n) is 4.31. The van der Waals surface area contributed by atoms with E-state index in [0.29, 0.717) is 5.56 Å². The van der Waals surface area contributed by atoms with Crippen LogP contribution in [0.4, 0.5) is 0 Å². The fourth-order valence-corrected chi connectivity index (χ4v) is 3.09. The van der Waals surface area contributed by atoms with Crippen LogP contribution in [0, 0.1) is 0 Å². The van der Waals surface area contributed by atoms with Gasteiger partial charge in [0.25, 0.3) is 0 Å². The van der Waals surface area contributed by atoms with Crippen LogP contribution in [-0.4, -0.2) is 21.9 Å². The molecule has 116 valence electrons. The van der Waals surface area contributed by atoms with Gasteiger partial charge < -0.3 is 20.6 Å². The van der Waals surface area contributed by atoms with E-state index in [4.69, 9.17) is 5.11 Å². The van der Waals surface area contributed by atoms with Gasteiger partial charge in [-0.05, 0) is 47.7 Å². The third-order valence-corrected chi connectivity index (χ3v) is 4.31. The van der Waals surface area contributed by atoms with Crippen molar-refractivity contribution in [3.05, 3.63) is 64.2 Å². The molecule has 0 saturated carbocycles. The lowest BCUT2D eigenvalue weighted by Gasteiger charge is -2.27. The molecule has 0 fully saturated rings. The zero-order chi connectivity index (χ0) is 15.5. The molecule has 2 aromatic rings. The number of aliphatic hydroxyl groups excluding tert-OH is 2. The van der Waals surface area contributed by atoms with Crippen molar-refractivity contribution in [2.24, 2.45) is 0 Å². The summed E-state index contributed by atoms with van der Waals surface area (Å²) in [4.78, 5) is 0. The summed E-state index contributed by atoms with van der Waals surface area (Å²) in [5, 5.41) is 31.8. The molecule has 0 aliphatic carbocycles. The summed E-state index contributed by atoms with van der Waals surface area (Å²) in [7, 11) is 0. The minimum Gasteiger partial charge on any atom is -0.508 e. The molecule has 2 aromatic carbocycles. The minimum atomic E-state index is -0.152. The highest BCUT2D eigenvalue weighted by molar-refractivity contribution is 5.40. The molecule has 4 heteroatoms. The highest BCUT2D eigenvalue weighted by atomic mass is 16.3. The monoisotopic (exact) mass is 299 g/mol. The molecule has 1 aliphatic rings. The highest BCUT2D eigenvalue weighted by Gasteiger charge is 2.20. The Hall–Kier alpha value is -1.88. The summed E-state index contributed by atoms with van der Waals surface area (Å²) in [5.74, 6) is 0.145. The molecule has 4 N–H and O–H groups in total. The molecule has 4 nitrogen and oxygen atoms in total. The zero-order valence-corrected chi connectivity index (χ0v) is 12.4. The first-order valence-corrected chi connectivity index (χ1v) is 7.59. The fraction of sp³-hybridized carbons (Fsp3) is 0.333. The van der Waals surface area contributed by atoms with Crippen LogP contribution >= 0.6 is 0 Å². The molecule has 1 heterocycles. The molecule has 0 radical (unpaired) electrons. The Morgan fingerprint density at radius 2 is 1.82 bits per heavy atom. The summed E-state index contributed by atoms with van der Waals surface area (Å²) in [6.45, 7) is 0.829. The number of rotatable bonds is 4. The summed E-state index contributed by atoms with van der Waals surface area (Å²) >= 11 is 0. The first-order valence-electron chi connectivity index (χ1n) is 7.59. The Kier molecular flexibility index (Phi) is 4.43. The summed E-state index contributed by atoms with van der Waals surface area (Å²) in [6, 6.07) is 11.8. The lowest BCUT2D eigenvalue weighted by molar-refractivity contribution is 0.275. The molecule has 1 unspecified atom stereocenters. The van der Waals surface area contributed by atoms with E-state index in [1.807, 2.05) is 12.1 Å². The summed E-state index contributed by atoms with van der Waals surface area (Å²) in [6.07, 6.45) is 1.75. The number of phenols is 1. The molecule has 0 bridgehead atoms. The standard InChI is InChI=1S/C18H21NO3/c20-10-13-2-4-16-14(7-13)5-6-19-17(16)8-12-1-3-15(11-21)18(22)9-12/h1-4,7,9,17,19-22H,5-6,8,10-11H2. The Morgan fingerprint density at radius 1 is 1.00 bits per heavy atom. The van der Waals surface area contributed by atoms with Gasteiger partial charge in [-0.1, -0.05) is 30.3 Å². The van der Waals surface area contributed by atoms with Gasteiger partial charge >= 0.3 is 0 Å². The van der Waals surface area contributed by atoms with E-state index in [9.17, 15) is 10.2 Å². The number of fused-ring (bicyclic) bond motifs is 1. The lowest BCUT2D eigenvalue weighted by atomic mass is 9.89. The average Bonchev–Trinajstić information content (AvgIpc) is 2.55. The maximum Gasteiger partial charge on any atom is 0.121 e. The summed E-state index contributed by atoms with van der Waals surface area (Å²) in [5.41, 5.74) is 5.07. The molecule has 0 amide bonds. The van der Waals surface area contributed by atoms with Crippen molar-refractivity contribution in [2.75, 3.05) is 6.54 Å². The quantitative estimate of drug-likeness (QED) is 0.695. The largest absolute Gasteiger partial charge is 0.508 e. The second kappa shape index (κ2) is 6.48. The molecule has 3 rings (SSSR count). The maximum atomic E-state index is 9.88. The Balaban J connectivity index is 1.84. The third kappa shape index (κ3) is 2.99. The Morgan fingerprint density at radius 3 is 2.55 bits per heavy atom. The number of nitrogens with one attached hydrogen (secondary N) is 1. The maximum absolute atomic E-state index is 9.88. The smallest absolute Gasteiger partial charge is 0.121 e. The minimum absolute atomic E-state index is 0.0713. The van der Waals surface area contributed by atoms with Crippen LogP contribution in [0.1, 0.15) is 33.9 Å². The number of hydrogen-bond donors (Lipinski definition) is 4. The summed E-state index contributed by atoms with van der Waals surface area (Å²) < 4.78 is 0. The van der Waals surface area contributed by atoms with E-state index < -0.39 is 0 Å². The van der Waals surface area contributed by atoms with Gasteiger partial charge in [-0.25, -0.2) is 0 Å². The van der Waals surface area contributed by atoms with E-state index in [0.717, 1.165) is 30.5 Å². The Labute approximate surface area is 130 Å². The van der Waals surface area contributed by atoms with Crippen LogP contribution in [0.15, 0.2) is 36.4 Å². The van der Waals surface area contributed by atoms with Crippen LogP contribution in [0.25, 0.3) is 0 Å². The Bertz CT molecular complexity index is 669. The van der Waals surface area contributed by atoms with E-state index in [2.05, 4.69) is 17.4 Å². The average molecular weight is 299 g/mol. The first kappa shape index (κ1) is 15.0. The van der Waals surface area contributed by atoms with Crippen LogP contribution < -0.4 is 5.32 Å². The van der Waals surface area contributed by atoms with Gasteiger partial charge in [0, 0.05) is 11.6 Å². The number of hydrogen-bond acceptors (Lipinski definition) is 4. The zero-order valence-electron chi connectivity index (χ0n) is 12.4. The van der Waals surface area contributed by atoms with Crippen LogP contribution in [0.5, 0.6) is 5.75 Å². The number of aliphatic hydroxyl groups is 2. The lowest BCUT2D eigenvalue weighted by Crippen LogP contribution is -2.31. The molecular formula is C18H21NO3. The second-order valence-electron chi connectivity index (χ2n) is 5.77. The van der Waals surface area contributed by atoms with Crippen LogP contribution in [0.2, 0.25) is 0 Å². The molecular weight excluding hydrogens is 278 g/mol. The van der Waals surface area contributed by atoms with Gasteiger partial charge in [-0.3, -0.25) is 0 Å². The van der Waals surface area contributed by atoms with Crippen molar-refractivity contribution >= 4 is 0 Å². The van der Waals surface area contributed by atoms with Crippen molar-refractivity contribution in [1.29, 1.82) is 0 Å². The number of benzene rings is 2. The van der Waals surface area contributed by atoms with E-state index in [-0.39, 0.29) is 25.0 Å². The van der Waals surface area contributed by atoms with Gasteiger partial charge in [-0.15, -0.1) is 0 Å². The highest BCUT2D eigenvalue weighted by Crippen LogP contribution is 2.28. The van der Waals surface area contributed by atoms with Crippen LogP contribution in [0.3, 0.4) is 0 Å². The molecule has 0 aromatic heterocycles. The van der Waals surface area contributed by atoms with Crippen molar-refractivity contribution in [3.63, 3.8) is 0 Å². The van der Waals surface area contributed by atoms with E-state index in [1.165, 1.54) is 11.1 Å². The molecule has 22 heavy (non-hydrogen) atoms. The predicted octanol–water partition coefficient (Wildman–Crippen LogP) is 1.81. The van der Waals surface area contributed by atoms with Crippen LogP contribution in [-0.2, 0) is 26.1 Å². The van der Waals surface area contributed by atoms with Gasteiger partial charge in [0.2, 0.25) is 0 Å². The van der Waals surface area contributed by atoms with Crippen molar-refractivity contribution in [2.45, 2.75) is 32.1 Å². The molecule has 0 saturated heterocycles. The van der Waals surface area contributed by atoms with Gasteiger partial charge in [0.05, 0.1) is 13.2 Å². The second-order valence-corrected chi connectivity index (χ2v) is 5.77. The van der Waals surface area contributed by atoms with Crippen molar-refractivity contribution < 1.29 is 15.3 Å². The van der Waals surface area contributed by atoms with Crippen molar-refractivity contribution in [1.82, 2.24) is 5.32 Å². The first-order chi connectivity index (χ1) is 10.7. The molecule has 1 aliphatic heterocycles. The van der Waals surface area contributed by atoms with E-state index >= 15 is 0 Å². The molecule has 0 spiro atoms.